The number of piperazine rings is 1. The van der Waals surface area contributed by atoms with Gasteiger partial charge in [0.25, 0.3) is 0 Å². The third kappa shape index (κ3) is 4.24. The predicted molar refractivity (Wildman–Crippen MR) is 90.8 cm³/mol. The molecule has 1 aliphatic heterocycles. The SMILES string of the molecule is N#Cc1ccc(COc2cccc(N3CCN[C@@H](CO)C3)n2)c(F)c1. The van der Waals surface area contributed by atoms with Gasteiger partial charge in [-0.3, -0.25) is 0 Å². The van der Waals surface area contributed by atoms with Gasteiger partial charge in [-0.05, 0) is 18.2 Å². The van der Waals surface area contributed by atoms with Gasteiger partial charge in [0.2, 0.25) is 5.88 Å². The average molecular weight is 342 g/mol. The Bertz CT molecular complexity index is 778. The molecule has 1 aliphatic rings. The normalized spacial score (nSPS) is 17.2. The van der Waals surface area contributed by atoms with Crippen molar-refractivity contribution in [3.63, 3.8) is 0 Å². The first-order valence-electron chi connectivity index (χ1n) is 8.07. The molecule has 0 saturated carbocycles. The number of aliphatic hydroxyl groups excluding tert-OH is 1. The fourth-order valence-electron chi connectivity index (χ4n) is 2.70. The molecule has 130 valence electrons. The third-order valence-electron chi connectivity index (χ3n) is 4.07. The first-order valence-corrected chi connectivity index (χ1v) is 8.07. The Morgan fingerprint density at radius 1 is 1.40 bits per heavy atom. The van der Waals surface area contributed by atoms with Gasteiger partial charge < -0.3 is 20.1 Å². The molecule has 1 atom stereocenters. The lowest BCUT2D eigenvalue weighted by molar-refractivity contribution is 0.235. The second kappa shape index (κ2) is 7.92. The van der Waals surface area contributed by atoms with Crippen molar-refractivity contribution < 1.29 is 14.2 Å². The number of hydrogen-bond donors (Lipinski definition) is 2. The molecule has 1 saturated heterocycles. The number of ether oxygens (including phenoxy) is 1. The van der Waals surface area contributed by atoms with Crippen LogP contribution < -0.4 is 15.0 Å². The molecule has 0 spiro atoms. The fraction of sp³-hybridized carbons (Fsp3) is 0.333. The van der Waals surface area contributed by atoms with Crippen LogP contribution in [0.1, 0.15) is 11.1 Å². The minimum Gasteiger partial charge on any atom is -0.473 e. The Kier molecular flexibility index (Phi) is 5.43. The second-order valence-electron chi connectivity index (χ2n) is 5.82. The average Bonchev–Trinajstić information content (AvgIpc) is 2.67. The number of pyridine rings is 1. The molecule has 1 aromatic carbocycles. The van der Waals surface area contributed by atoms with Crippen LogP contribution in [0.25, 0.3) is 0 Å². The molecule has 2 heterocycles. The largest absolute Gasteiger partial charge is 0.473 e. The van der Waals surface area contributed by atoms with Gasteiger partial charge in [-0.2, -0.15) is 10.2 Å². The quantitative estimate of drug-likeness (QED) is 0.856. The third-order valence-corrected chi connectivity index (χ3v) is 4.07. The van der Waals surface area contributed by atoms with E-state index in [0.29, 0.717) is 18.0 Å². The molecule has 1 fully saturated rings. The van der Waals surface area contributed by atoms with Crippen LogP contribution in [-0.4, -0.2) is 42.4 Å². The zero-order valence-corrected chi connectivity index (χ0v) is 13.7. The molecule has 0 aliphatic carbocycles. The van der Waals surface area contributed by atoms with Gasteiger partial charge in [-0.15, -0.1) is 0 Å². The Hall–Kier alpha value is -2.69. The number of nitrogens with one attached hydrogen (secondary N) is 1. The summed E-state index contributed by atoms with van der Waals surface area (Å²) in [4.78, 5) is 6.54. The zero-order chi connectivity index (χ0) is 17.6. The van der Waals surface area contributed by atoms with E-state index in [1.807, 2.05) is 18.2 Å². The number of anilines is 1. The molecule has 6 nitrogen and oxygen atoms in total. The van der Waals surface area contributed by atoms with Crippen LogP contribution in [0.5, 0.6) is 5.88 Å². The maximum Gasteiger partial charge on any atom is 0.215 e. The van der Waals surface area contributed by atoms with Crippen molar-refractivity contribution in [3.8, 4) is 11.9 Å². The van der Waals surface area contributed by atoms with Crippen LogP contribution in [0.4, 0.5) is 10.2 Å². The first kappa shape index (κ1) is 17.1. The summed E-state index contributed by atoms with van der Waals surface area (Å²) < 4.78 is 19.5. The minimum atomic E-state index is -0.469. The Morgan fingerprint density at radius 3 is 3.04 bits per heavy atom. The lowest BCUT2D eigenvalue weighted by Gasteiger charge is -2.33. The molecular weight excluding hydrogens is 323 g/mol. The highest BCUT2D eigenvalue weighted by atomic mass is 19.1. The van der Waals surface area contributed by atoms with Gasteiger partial charge in [0.15, 0.2) is 0 Å². The molecule has 0 unspecified atom stereocenters. The summed E-state index contributed by atoms with van der Waals surface area (Å²) in [5.41, 5.74) is 0.646. The summed E-state index contributed by atoms with van der Waals surface area (Å²) in [6.45, 7) is 2.34. The Morgan fingerprint density at radius 2 is 2.28 bits per heavy atom. The van der Waals surface area contributed by atoms with Crippen LogP contribution in [0.2, 0.25) is 0 Å². The highest BCUT2D eigenvalue weighted by Gasteiger charge is 2.19. The molecule has 2 N–H and O–H groups in total. The summed E-state index contributed by atoms with van der Waals surface area (Å²) >= 11 is 0. The van der Waals surface area contributed by atoms with Crippen molar-refractivity contribution in [1.82, 2.24) is 10.3 Å². The Labute approximate surface area is 145 Å². The van der Waals surface area contributed by atoms with Crippen LogP contribution in [0.15, 0.2) is 36.4 Å². The van der Waals surface area contributed by atoms with Crippen LogP contribution in [0.3, 0.4) is 0 Å². The highest BCUT2D eigenvalue weighted by molar-refractivity contribution is 5.41. The zero-order valence-electron chi connectivity index (χ0n) is 13.7. The van der Waals surface area contributed by atoms with Gasteiger partial charge in [-0.1, -0.05) is 12.1 Å². The van der Waals surface area contributed by atoms with Crippen molar-refractivity contribution in [2.45, 2.75) is 12.6 Å². The molecule has 0 amide bonds. The summed E-state index contributed by atoms with van der Waals surface area (Å²) in [5.74, 6) is 0.696. The van der Waals surface area contributed by atoms with E-state index in [-0.39, 0.29) is 24.8 Å². The molecular formula is C18H19FN4O2. The first-order chi connectivity index (χ1) is 12.2. The summed E-state index contributed by atoms with van der Waals surface area (Å²) in [5, 5.41) is 21.3. The van der Waals surface area contributed by atoms with Crippen molar-refractivity contribution in [2.75, 3.05) is 31.1 Å². The smallest absolute Gasteiger partial charge is 0.215 e. The number of benzene rings is 1. The van der Waals surface area contributed by atoms with Crippen molar-refractivity contribution in [2.24, 2.45) is 0 Å². The van der Waals surface area contributed by atoms with Crippen molar-refractivity contribution >= 4 is 5.82 Å². The molecule has 0 radical (unpaired) electrons. The second-order valence-corrected chi connectivity index (χ2v) is 5.82. The maximum absolute atomic E-state index is 13.9. The summed E-state index contributed by atoms with van der Waals surface area (Å²) in [6, 6.07) is 11.7. The van der Waals surface area contributed by atoms with E-state index in [1.54, 1.807) is 18.2 Å². The van der Waals surface area contributed by atoms with Gasteiger partial charge >= 0.3 is 0 Å². The summed E-state index contributed by atoms with van der Waals surface area (Å²) in [6.07, 6.45) is 0. The number of halogens is 1. The minimum absolute atomic E-state index is 0.0212. The van der Waals surface area contributed by atoms with Gasteiger partial charge in [0.05, 0.1) is 18.2 Å². The predicted octanol–water partition coefficient (Wildman–Crippen LogP) is 1.44. The van der Waals surface area contributed by atoms with Crippen LogP contribution >= 0.6 is 0 Å². The number of aromatic nitrogens is 1. The van der Waals surface area contributed by atoms with E-state index in [9.17, 15) is 9.50 Å². The molecule has 2 aromatic rings. The van der Waals surface area contributed by atoms with Gasteiger partial charge in [0.1, 0.15) is 18.2 Å². The molecule has 1 aromatic heterocycles. The van der Waals surface area contributed by atoms with Crippen molar-refractivity contribution in [3.05, 3.63) is 53.3 Å². The van der Waals surface area contributed by atoms with E-state index in [4.69, 9.17) is 10.00 Å². The highest BCUT2D eigenvalue weighted by Crippen LogP contribution is 2.19. The number of rotatable bonds is 5. The number of hydrogen-bond acceptors (Lipinski definition) is 6. The molecule has 25 heavy (non-hydrogen) atoms. The van der Waals surface area contributed by atoms with Gasteiger partial charge in [-0.25, -0.2) is 4.39 Å². The molecule has 7 heteroatoms. The monoisotopic (exact) mass is 342 g/mol. The Balaban J connectivity index is 1.67. The standard InChI is InChI=1S/C18H19FN4O2/c19-16-8-13(9-20)4-5-14(16)12-25-18-3-1-2-17(22-18)23-7-6-21-15(10-23)11-24/h1-5,8,15,21,24H,6-7,10-12H2/t15-/m1/s1. The van der Waals surface area contributed by atoms with E-state index in [1.165, 1.54) is 6.07 Å². The van der Waals surface area contributed by atoms with Gasteiger partial charge in [0, 0.05) is 37.3 Å². The van der Waals surface area contributed by atoms with Crippen LogP contribution in [0, 0.1) is 17.1 Å². The lowest BCUT2D eigenvalue weighted by Crippen LogP contribution is -2.52. The topological polar surface area (TPSA) is 81.4 Å². The maximum atomic E-state index is 13.9. The molecule has 0 bridgehead atoms. The number of nitriles is 1. The number of aliphatic hydroxyl groups is 1. The number of nitrogens with zero attached hydrogens (tertiary/aromatic N) is 3. The lowest BCUT2D eigenvalue weighted by atomic mass is 10.1. The van der Waals surface area contributed by atoms with E-state index < -0.39 is 5.82 Å². The fourth-order valence-corrected chi connectivity index (χ4v) is 2.70. The van der Waals surface area contributed by atoms with E-state index in [0.717, 1.165) is 18.9 Å². The van der Waals surface area contributed by atoms with E-state index in [2.05, 4.69) is 15.2 Å². The van der Waals surface area contributed by atoms with E-state index >= 15 is 0 Å². The van der Waals surface area contributed by atoms with Crippen LogP contribution in [-0.2, 0) is 6.61 Å². The molecule has 3 rings (SSSR count). The van der Waals surface area contributed by atoms with Crippen molar-refractivity contribution in [1.29, 1.82) is 5.26 Å². The summed E-state index contributed by atoms with van der Waals surface area (Å²) in [7, 11) is 0.